The molecule has 0 saturated carbocycles. The second kappa shape index (κ2) is 3.53. The molecule has 1 aromatic carbocycles. The number of nitrogens with two attached hydrogens (primary N) is 1. The maximum atomic E-state index is 10.9. The van der Waals surface area contributed by atoms with Gasteiger partial charge in [-0.2, -0.15) is 5.10 Å². The van der Waals surface area contributed by atoms with Crippen LogP contribution in [0.2, 0.25) is 0 Å². The molecule has 0 unspecified atom stereocenters. The summed E-state index contributed by atoms with van der Waals surface area (Å²) in [7, 11) is 0. The zero-order chi connectivity index (χ0) is 10.8. The van der Waals surface area contributed by atoms with Gasteiger partial charge >= 0.3 is 0 Å². The molecule has 1 heterocycles. The highest BCUT2D eigenvalue weighted by Crippen LogP contribution is 2.14. The third-order valence-corrected chi connectivity index (χ3v) is 2.15. The second-order valence-corrected chi connectivity index (χ2v) is 3.21. The van der Waals surface area contributed by atoms with Gasteiger partial charge in [-0.1, -0.05) is 0 Å². The van der Waals surface area contributed by atoms with Crippen molar-refractivity contribution in [3.8, 4) is 5.69 Å². The normalized spacial score (nSPS) is 10.2. The van der Waals surface area contributed by atoms with Crippen molar-refractivity contribution in [3.63, 3.8) is 0 Å². The molecule has 0 aliphatic heterocycles. The van der Waals surface area contributed by atoms with Crippen molar-refractivity contribution in [2.24, 2.45) is 5.73 Å². The fourth-order valence-corrected chi connectivity index (χ4v) is 1.40. The first-order chi connectivity index (χ1) is 7.18. The van der Waals surface area contributed by atoms with Crippen molar-refractivity contribution in [3.05, 3.63) is 42.0 Å². The SMILES string of the molecule is Cc1cc(C(N)=O)ccc1-n1cncn1. The van der Waals surface area contributed by atoms with Crippen LogP contribution < -0.4 is 5.73 Å². The van der Waals surface area contributed by atoms with Crippen LogP contribution in [0.25, 0.3) is 5.69 Å². The molecule has 76 valence electrons. The summed E-state index contributed by atoms with van der Waals surface area (Å²) in [5.74, 6) is -0.428. The molecular weight excluding hydrogens is 192 g/mol. The molecule has 0 bridgehead atoms. The van der Waals surface area contributed by atoms with Gasteiger partial charge in [0.25, 0.3) is 0 Å². The van der Waals surface area contributed by atoms with Crippen LogP contribution in [0.15, 0.2) is 30.9 Å². The largest absolute Gasteiger partial charge is 0.366 e. The van der Waals surface area contributed by atoms with E-state index in [1.54, 1.807) is 29.2 Å². The number of hydrogen-bond donors (Lipinski definition) is 1. The molecule has 5 heteroatoms. The molecule has 5 nitrogen and oxygen atoms in total. The lowest BCUT2D eigenvalue weighted by molar-refractivity contribution is 0.1000. The summed E-state index contributed by atoms with van der Waals surface area (Å²) in [6, 6.07) is 5.20. The molecule has 0 aliphatic carbocycles. The summed E-state index contributed by atoms with van der Waals surface area (Å²) in [6.07, 6.45) is 3.06. The van der Waals surface area contributed by atoms with Gasteiger partial charge in [-0.05, 0) is 30.7 Å². The Bertz CT molecular complexity index is 490. The maximum absolute atomic E-state index is 10.9. The minimum absolute atomic E-state index is 0.428. The van der Waals surface area contributed by atoms with Crippen LogP contribution in [0.1, 0.15) is 15.9 Å². The fourth-order valence-electron chi connectivity index (χ4n) is 1.40. The van der Waals surface area contributed by atoms with E-state index in [0.29, 0.717) is 5.56 Å². The number of carbonyl (C=O) groups is 1. The molecule has 0 radical (unpaired) electrons. The predicted molar refractivity (Wildman–Crippen MR) is 54.6 cm³/mol. The Kier molecular flexibility index (Phi) is 2.21. The summed E-state index contributed by atoms with van der Waals surface area (Å²) in [6.45, 7) is 1.89. The molecule has 0 saturated heterocycles. The first-order valence-corrected chi connectivity index (χ1v) is 4.44. The number of carbonyl (C=O) groups excluding carboxylic acids is 1. The van der Waals surface area contributed by atoms with Crippen molar-refractivity contribution in [2.45, 2.75) is 6.92 Å². The highest BCUT2D eigenvalue weighted by atomic mass is 16.1. The topological polar surface area (TPSA) is 73.8 Å². The van der Waals surface area contributed by atoms with Gasteiger partial charge in [-0.3, -0.25) is 4.79 Å². The van der Waals surface area contributed by atoms with Gasteiger partial charge in [0.05, 0.1) is 5.69 Å². The zero-order valence-electron chi connectivity index (χ0n) is 8.21. The Morgan fingerprint density at radius 3 is 2.80 bits per heavy atom. The first-order valence-electron chi connectivity index (χ1n) is 4.44. The lowest BCUT2D eigenvalue weighted by Crippen LogP contribution is -2.11. The average Bonchev–Trinajstić information content (AvgIpc) is 2.70. The van der Waals surface area contributed by atoms with E-state index in [9.17, 15) is 4.79 Å². The van der Waals surface area contributed by atoms with Crippen LogP contribution in [0.3, 0.4) is 0 Å². The number of nitrogens with zero attached hydrogens (tertiary/aromatic N) is 3. The third kappa shape index (κ3) is 1.71. The molecule has 0 spiro atoms. The van der Waals surface area contributed by atoms with E-state index in [4.69, 9.17) is 5.73 Å². The highest BCUT2D eigenvalue weighted by Gasteiger charge is 2.05. The molecule has 2 N–H and O–H groups in total. The zero-order valence-corrected chi connectivity index (χ0v) is 8.21. The minimum atomic E-state index is -0.428. The number of hydrogen-bond acceptors (Lipinski definition) is 3. The number of aryl methyl sites for hydroxylation is 1. The van der Waals surface area contributed by atoms with Gasteiger partial charge in [0.15, 0.2) is 0 Å². The van der Waals surface area contributed by atoms with Crippen molar-refractivity contribution in [1.29, 1.82) is 0 Å². The smallest absolute Gasteiger partial charge is 0.248 e. The Morgan fingerprint density at radius 2 is 2.27 bits per heavy atom. The summed E-state index contributed by atoms with van der Waals surface area (Å²) in [4.78, 5) is 14.8. The lowest BCUT2D eigenvalue weighted by Gasteiger charge is -2.05. The van der Waals surface area contributed by atoms with Gasteiger partial charge in [0.2, 0.25) is 5.91 Å². The van der Waals surface area contributed by atoms with Crippen LogP contribution in [0.5, 0.6) is 0 Å². The van der Waals surface area contributed by atoms with Crippen LogP contribution in [-0.2, 0) is 0 Å². The van der Waals surface area contributed by atoms with Gasteiger partial charge in [-0.15, -0.1) is 0 Å². The predicted octanol–water partition coefficient (Wildman–Crippen LogP) is 0.675. The Morgan fingerprint density at radius 1 is 1.47 bits per heavy atom. The molecule has 1 aromatic heterocycles. The summed E-state index contributed by atoms with van der Waals surface area (Å²) in [5, 5.41) is 4.01. The molecule has 0 aliphatic rings. The van der Waals surface area contributed by atoms with E-state index in [1.807, 2.05) is 6.92 Å². The Labute approximate surface area is 86.5 Å². The Hall–Kier alpha value is -2.17. The van der Waals surface area contributed by atoms with Crippen molar-refractivity contribution >= 4 is 5.91 Å². The van der Waals surface area contributed by atoms with Crippen molar-refractivity contribution in [2.75, 3.05) is 0 Å². The lowest BCUT2D eigenvalue weighted by atomic mass is 10.1. The summed E-state index contributed by atoms with van der Waals surface area (Å²) < 4.78 is 1.64. The van der Waals surface area contributed by atoms with E-state index in [0.717, 1.165) is 11.3 Å². The van der Waals surface area contributed by atoms with Crippen molar-refractivity contribution < 1.29 is 4.79 Å². The van der Waals surface area contributed by atoms with E-state index in [2.05, 4.69) is 10.1 Å². The molecule has 0 fully saturated rings. The molecular formula is C10H10N4O. The van der Waals surface area contributed by atoms with Gasteiger partial charge in [0.1, 0.15) is 12.7 Å². The number of primary amides is 1. The number of aromatic nitrogens is 3. The van der Waals surface area contributed by atoms with Crippen LogP contribution >= 0.6 is 0 Å². The maximum Gasteiger partial charge on any atom is 0.248 e. The first kappa shape index (κ1) is 9.39. The minimum Gasteiger partial charge on any atom is -0.366 e. The monoisotopic (exact) mass is 202 g/mol. The standard InChI is InChI=1S/C10H10N4O/c1-7-4-8(10(11)15)2-3-9(7)14-6-12-5-13-14/h2-6H,1H3,(H2,11,15). The average molecular weight is 202 g/mol. The van der Waals surface area contributed by atoms with E-state index in [1.165, 1.54) is 6.33 Å². The fraction of sp³-hybridized carbons (Fsp3) is 0.100. The Balaban J connectivity index is 2.48. The van der Waals surface area contributed by atoms with Crippen molar-refractivity contribution in [1.82, 2.24) is 14.8 Å². The molecule has 1 amide bonds. The van der Waals surface area contributed by atoms with Gasteiger partial charge in [-0.25, -0.2) is 9.67 Å². The molecule has 0 atom stereocenters. The summed E-state index contributed by atoms with van der Waals surface area (Å²) in [5.41, 5.74) is 7.49. The number of amides is 1. The quantitative estimate of drug-likeness (QED) is 0.778. The second-order valence-electron chi connectivity index (χ2n) is 3.21. The number of benzene rings is 1. The number of rotatable bonds is 2. The third-order valence-electron chi connectivity index (χ3n) is 2.15. The summed E-state index contributed by atoms with van der Waals surface area (Å²) >= 11 is 0. The van der Waals surface area contributed by atoms with Crippen LogP contribution in [0.4, 0.5) is 0 Å². The van der Waals surface area contributed by atoms with Gasteiger partial charge in [0, 0.05) is 5.56 Å². The molecule has 2 rings (SSSR count). The van der Waals surface area contributed by atoms with Crippen LogP contribution in [-0.4, -0.2) is 20.7 Å². The highest BCUT2D eigenvalue weighted by molar-refractivity contribution is 5.93. The molecule has 15 heavy (non-hydrogen) atoms. The van der Waals surface area contributed by atoms with Crippen LogP contribution in [0, 0.1) is 6.92 Å². The van der Waals surface area contributed by atoms with E-state index >= 15 is 0 Å². The van der Waals surface area contributed by atoms with E-state index < -0.39 is 5.91 Å². The van der Waals surface area contributed by atoms with Gasteiger partial charge < -0.3 is 5.73 Å². The van der Waals surface area contributed by atoms with E-state index in [-0.39, 0.29) is 0 Å². The molecule has 2 aromatic rings.